The van der Waals surface area contributed by atoms with Crippen LogP contribution in [0.2, 0.25) is 0 Å². The van der Waals surface area contributed by atoms with Gasteiger partial charge < -0.3 is 19.4 Å². The number of piperidine rings is 1. The van der Waals surface area contributed by atoms with Gasteiger partial charge in [-0.1, -0.05) is 22.8 Å². The van der Waals surface area contributed by atoms with Crippen LogP contribution in [0.3, 0.4) is 0 Å². The van der Waals surface area contributed by atoms with Gasteiger partial charge in [-0.2, -0.15) is 0 Å². The summed E-state index contributed by atoms with van der Waals surface area (Å²) >= 11 is 0. The zero-order valence-electron chi connectivity index (χ0n) is 13.1. The second kappa shape index (κ2) is 6.79. The summed E-state index contributed by atoms with van der Waals surface area (Å²) in [6.07, 6.45) is 2.16. The van der Waals surface area contributed by atoms with Crippen molar-refractivity contribution in [3.05, 3.63) is 35.7 Å². The number of hydrogen-bond acceptors (Lipinski definition) is 6. The summed E-state index contributed by atoms with van der Waals surface area (Å²) in [4.78, 5) is 2.13. The fourth-order valence-electron chi connectivity index (χ4n) is 2.57. The van der Waals surface area contributed by atoms with Crippen molar-refractivity contribution in [1.29, 1.82) is 0 Å². The summed E-state index contributed by atoms with van der Waals surface area (Å²) in [5.74, 6) is 1.56. The molecule has 22 heavy (non-hydrogen) atoms. The number of aromatic nitrogens is 2. The molecule has 1 aliphatic rings. The molecular weight excluding hydrogens is 280 g/mol. The number of hydrogen-bond donors (Lipinski definition) is 1. The summed E-state index contributed by atoms with van der Waals surface area (Å²) in [5.41, 5.74) is 1.25. The van der Waals surface area contributed by atoms with Crippen molar-refractivity contribution in [1.82, 2.24) is 15.5 Å². The van der Waals surface area contributed by atoms with E-state index in [9.17, 15) is 0 Å². The van der Waals surface area contributed by atoms with Crippen LogP contribution in [-0.4, -0.2) is 36.4 Å². The Bertz CT molecular complexity index is 588. The Labute approximate surface area is 130 Å². The minimum absolute atomic E-state index is 0.249. The molecular formula is C16H22N4O2. The van der Waals surface area contributed by atoms with Crippen LogP contribution < -0.4 is 15.0 Å². The van der Waals surface area contributed by atoms with Gasteiger partial charge in [0.2, 0.25) is 5.89 Å². The molecule has 0 radical (unpaired) electrons. The summed E-state index contributed by atoms with van der Waals surface area (Å²) in [6, 6.07) is 8.82. The van der Waals surface area contributed by atoms with E-state index in [0.29, 0.717) is 18.5 Å². The van der Waals surface area contributed by atoms with Crippen molar-refractivity contribution in [2.24, 2.45) is 0 Å². The molecule has 1 aromatic carbocycles. The van der Waals surface area contributed by atoms with E-state index in [1.54, 1.807) is 0 Å². The van der Waals surface area contributed by atoms with Crippen molar-refractivity contribution in [2.75, 3.05) is 25.0 Å². The first-order valence-electron chi connectivity index (χ1n) is 7.70. The van der Waals surface area contributed by atoms with Gasteiger partial charge in [0.15, 0.2) is 0 Å². The van der Waals surface area contributed by atoms with E-state index in [4.69, 9.17) is 9.15 Å². The fourth-order valence-corrected chi connectivity index (χ4v) is 2.57. The maximum Gasteiger partial charge on any atom is 0.318 e. The molecule has 0 saturated carbocycles. The third kappa shape index (κ3) is 3.57. The van der Waals surface area contributed by atoms with Gasteiger partial charge in [-0.25, -0.2) is 0 Å². The summed E-state index contributed by atoms with van der Waals surface area (Å²) in [6.45, 7) is 4.42. The first-order chi connectivity index (χ1) is 10.7. The Hall–Kier alpha value is -2.08. The number of aryl methyl sites for hydroxylation is 1. The molecule has 3 rings (SSSR count). The van der Waals surface area contributed by atoms with Crippen LogP contribution in [0, 0.1) is 6.92 Å². The topological polar surface area (TPSA) is 63.4 Å². The number of rotatable bonds is 5. The molecule has 1 fully saturated rings. The van der Waals surface area contributed by atoms with Gasteiger partial charge in [-0.15, -0.1) is 5.10 Å². The number of benzene rings is 1. The predicted molar refractivity (Wildman–Crippen MR) is 84.1 cm³/mol. The van der Waals surface area contributed by atoms with Crippen molar-refractivity contribution < 1.29 is 9.15 Å². The Balaban J connectivity index is 1.52. The third-order valence-electron chi connectivity index (χ3n) is 3.82. The highest BCUT2D eigenvalue weighted by atomic mass is 16.5. The van der Waals surface area contributed by atoms with Gasteiger partial charge in [0, 0.05) is 25.9 Å². The highest BCUT2D eigenvalue weighted by Gasteiger charge is 2.24. The number of nitrogens with one attached hydrogen (secondary N) is 1. The average Bonchev–Trinajstić information content (AvgIpc) is 2.99. The molecule has 2 aromatic rings. The van der Waals surface area contributed by atoms with E-state index in [1.807, 2.05) is 19.2 Å². The van der Waals surface area contributed by atoms with E-state index in [0.717, 1.165) is 31.7 Å². The van der Waals surface area contributed by atoms with Gasteiger partial charge >= 0.3 is 6.01 Å². The maximum atomic E-state index is 6.03. The summed E-state index contributed by atoms with van der Waals surface area (Å²) < 4.78 is 11.7. The van der Waals surface area contributed by atoms with Crippen LogP contribution in [0.4, 0.5) is 6.01 Å². The quantitative estimate of drug-likeness (QED) is 0.913. The maximum absolute atomic E-state index is 6.03. The minimum Gasteiger partial charge on any atom is -0.490 e. The molecule has 0 unspecified atom stereocenters. The van der Waals surface area contributed by atoms with Gasteiger partial charge in [0.05, 0.1) is 6.54 Å². The second-order valence-electron chi connectivity index (χ2n) is 5.63. The molecule has 0 aliphatic carbocycles. The van der Waals surface area contributed by atoms with E-state index in [-0.39, 0.29) is 6.10 Å². The first-order valence-corrected chi connectivity index (χ1v) is 7.70. The summed E-state index contributed by atoms with van der Waals surface area (Å²) in [5, 5.41) is 11.1. The molecule has 0 amide bonds. The largest absolute Gasteiger partial charge is 0.490 e. The molecule has 0 spiro atoms. The van der Waals surface area contributed by atoms with Gasteiger partial charge in [0.25, 0.3) is 0 Å². The lowest BCUT2D eigenvalue weighted by Crippen LogP contribution is -2.38. The number of nitrogens with zero attached hydrogens (tertiary/aromatic N) is 3. The monoisotopic (exact) mass is 302 g/mol. The SMILES string of the molecule is CNCc1nnc(N2CCC(Oc3ccc(C)cc3)CC2)o1. The molecule has 1 aromatic heterocycles. The van der Waals surface area contributed by atoms with Crippen LogP contribution in [-0.2, 0) is 6.54 Å². The zero-order valence-corrected chi connectivity index (χ0v) is 13.1. The molecule has 1 saturated heterocycles. The standard InChI is InChI=1S/C16H22N4O2/c1-12-3-5-13(6-4-12)21-14-7-9-20(10-8-14)16-19-18-15(22-16)11-17-2/h3-6,14,17H,7-11H2,1-2H3. The molecule has 6 heteroatoms. The van der Waals surface area contributed by atoms with E-state index >= 15 is 0 Å². The zero-order chi connectivity index (χ0) is 15.4. The lowest BCUT2D eigenvalue weighted by Gasteiger charge is -2.30. The van der Waals surface area contributed by atoms with Gasteiger partial charge in [0.1, 0.15) is 11.9 Å². The predicted octanol–water partition coefficient (Wildman–Crippen LogP) is 2.15. The Kier molecular flexibility index (Phi) is 4.58. The minimum atomic E-state index is 0.249. The third-order valence-corrected chi connectivity index (χ3v) is 3.82. The molecule has 118 valence electrons. The molecule has 1 aliphatic heterocycles. The van der Waals surface area contributed by atoms with Crippen molar-refractivity contribution in [3.8, 4) is 5.75 Å². The van der Waals surface area contributed by atoms with Crippen LogP contribution in [0.1, 0.15) is 24.3 Å². The summed E-state index contributed by atoms with van der Waals surface area (Å²) in [7, 11) is 1.86. The number of anilines is 1. The van der Waals surface area contributed by atoms with Crippen LogP contribution in [0.5, 0.6) is 5.75 Å². The van der Waals surface area contributed by atoms with Gasteiger partial charge in [-0.05, 0) is 26.1 Å². The molecule has 0 bridgehead atoms. The Morgan fingerprint density at radius 3 is 2.64 bits per heavy atom. The average molecular weight is 302 g/mol. The Morgan fingerprint density at radius 1 is 1.23 bits per heavy atom. The molecule has 2 heterocycles. The number of ether oxygens (including phenoxy) is 1. The van der Waals surface area contributed by atoms with Crippen molar-refractivity contribution in [3.63, 3.8) is 0 Å². The lowest BCUT2D eigenvalue weighted by atomic mass is 10.1. The Morgan fingerprint density at radius 2 is 1.95 bits per heavy atom. The molecule has 6 nitrogen and oxygen atoms in total. The lowest BCUT2D eigenvalue weighted by molar-refractivity contribution is 0.169. The normalized spacial score (nSPS) is 16.0. The van der Waals surface area contributed by atoms with E-state index in [1.165, 1.54) is 5.56 Å². The van der Waals surface area contributed by atoms with Gasteiger partial charge in [-0.3, -0.25) is 0 Å². The highest BCUT2D eigenvalue weighted by molar-refractivity contribution is 5.28. The van der Waals surface area contributed by atoms with Crippen LogP contribution in [0.15, 0.2) is 28.7 Å². The fraction of sp³-hybridized carbons (Fsp3) is 0.500. The first kappa shape index (κ1) is 14.8. The highest BCUT2D eigenvalue weighted by Crippen LogP contribution is 2.22. The van der Waals surface area contributed by atoms with E-state index in [2.05, 4.69) is 39.5 Å². The molecule has 1 N–H and O–H groups in total. The van der Waals surface area contributed by atoms with Crippen LogP contribution in [0.25, 0.3) is 0 Å². The van der Waals surface area contributed by atoms with Crippen LogP contribution >= 0.6 is 0 Å². The van der Waals surface area contributed by atoms with Crippen molar-refractivity contribution >= 4 is 6.01 Å². The van der Waals surface area contributed by atoms with E-state index < -0.39 is 0 Å². The van der Waals surface area contributed by atoms with Crippen molar-refractivity contribution in [2.45, 2.75) is 32.4 Å². The molecule has 0 atom stereocenters. The smallest absolute Gasteiger partial charge is 0.318 e. The second-order valence-corrected chi connectivity index (χ2v) is 5.63.